The van der Waals surface area contributed by atoms with E-state index in [2.05, 4.69) is 0 Å². The molecular formula is C13H9F3O. The van der Waals surface area contributed by atoms with Gasteiger partial charge in [-0.3, -0.25) is 0 Å². The molecule has 2 aromatic carbocycles. The largest absolute Gasteiger partial charge is 0.497 e. The second kappa shape index (κ2) is 4.49. The molecule has 0 atom stereocenters. The number of hydrogen-bond acceptors (Lipinski definition) is 1. The molecule has 0 heterocycles. The van der Waals surface area contributed by atoms with Crippen molar-refractivity contribution in [3.8, 4) is 16.9 Å². The molecule has 0 radical (unpaired) electrons. The lowest BCUT2D eigenvalue weighted by atomic mass is 10.0. The summed E-state index contributed by atoms with van der Waals surface area (Å²) in [6.45, 7) is 0. The molecule has 2 aromatic rings. The molecule has 0 aliphatic rings. The third-order valence-electron chi connectivity index (χ3n) is 2.39. The average Bonchev–Trinajstić information content (AvgIpc) is 2.34. The highest BCUT2D eigenvalue weighted by Crippen LogP contribution is 2.27. The summed E-state index contributed by atoms with van der Waals surface area (Å²) in [6, 6.07) is 7.74. The van der Waals surface area contributed by atoms with Gasteiger partial charge in [0.05, 0.1) is 7.11 Å². The number of methoxy groups -OCH3 is 1. The highest BCUT2D eigenvalue weighted by Gasteiger charge is 2.12. The predicted octanol–water partition coefficient (Wildman–Crippen LogP) is 3.78. The maximum atomic E-state index is 13.5. The normalized spacial score (nSPS) is 10.4. The smallest absolute Gasteiger partial charge is 0.166 e. The van der Waals surface area contributed by atoms with Crippen molar-refractivity contribution < 1.29 is 17.9 Å². The lowest BCUT2D eigenvalue weighted by Gasteiger charge is -2.06. The van der Waals surface area contributed by atoms with Gasteiger partial charge >= 0.3 is 0 Å². The van der Waals surface area contributed by atoms with Gasteiger partial charge in [0.2, 0.25) is 0 Å². The van der Waals surface area contributed by atoms with Crippen molar-refractivity contribution in [1.82, 2.24) is 0 Å². The maximum absolute atomic E-state index is 13.5. The van der Waals surface area contributed by atoms with Crippen LogP contribution in [0.4, 0.5) is 13.2 Å². The summed E-state index contributed by atoms with van der Waals surface area (Å²) in [4.78, 5) is 0. The van der Waals surface area contributed by atoms with Crippen LogP contribution in [0.15, 0.2) is 36.4 Å². The van der Waals surface area contributed by atoms with E-state index in [0.29, 0.717) is 17.4 Å². The Morgan fingerprint density at radius 2 is 1.59 bits per heavy atom. The van der Waals surface area contributed by atoms with Crippen LogP contribution in [0.25, 0.3) is 11.1 Å². The van der Waals surface area contributed by atoms with Crippen molar-refractivity contribution in [2.24, 2.45) is 0 Å². The van der Waals surface area contributed by atoms with Gasteiger partial charge in [0, 0.05) is 11.6 Å². The first-order chi connectivity index (χ1) is 8.11. The monoisotopic (exact) mass is 238 g/mol. The third-order valence-corrected chi connectivity index (χ3v) is 2.39. The standard InChI is InChI=1S/C13H9F3O/c1-17-10-4-2-8(3-5-10)11-6-9(14)7-12(15)13(11)16/h2-7H,1H3. The zero-order valence-corrected chi connectivity index (χ0v) is 9.01. The molecule has 0 saturated carbocycles. The molecule has 4 heteroatoms. The molecule has 0 unspecified atom stereocenters. The zero-order valence-electron chi connectivity index (χ0n) is 9.01. The minimum atomic E-state index is -1.20. The van der Waals surface area contributed by atoms with E-state index in [-0.39, 0.29) is 5.56 Å². The number of halogens is 3. The number of rotatable bonds is 2. The molecule has 0 aliphatic carbocycles. The zero-order chi connectivity index (χ0) is 12.4. The van der Waals surface area contributed by atoms with Crippen LogP contribution >= 0.6 is 0 Å². The van der Waals surface area contributed by atoms with E-state index in [4.69, 9.17) is 4.74 Å². The average molecular weight is 238 g/mol. The van der Waals surface area contributed by atoms with Crippen molar-refractivity contribution in [3.05, 3.63) is 53.8 Å². The first-order valence-electron chi connectivity index (χ1n) is 4.91. The van der Waals surface area contributed by atoms with Gasteiger partial charge in [-0.1, -0.05) is 12.1 Å². The Labute approximate surface area is 96.5 Å². The Kier molecular flexibility index (Phi) is 3.04. The molecule has 0 saturated heterocycles. The summed E-state index contributed by atoms with van der Waals surface area (Å²) in [6.07, 6.45) is 0. The molecule has 1 nitrogen and oxygen atoms in total. The quantitative estimate of drug-likeness (QED) is 0.723. The van der Waals surface area contributed by atoms with Gasteiger partial charge < -0.3 is 4.74 Å². The Balaban J connectivity index is 2.52. The van der Waals surface area contributed by atoms with E-state index in [1.165, 1.54) is 19.2 Å². The highest BCUT2D eigenvalue weighted by molar-refractivity contribution is 5.65. The van der Waals surface area contributed by atoms with Crippen molar-refractivity contribution >= 4 is 0 Å². The van der Waals surface area contributed by atoms with Gasteiger partial charge in [0.15, 0.2) is 11.6 Å². The van der Waals surface area contributed by atoms with Crippen LogP contribution in [0.3, 0.4) is 0 Å². The first-order valence-corrected chi connectivity index (χ1v) is 4.91. The molecular weight excluding hydrogens is 229 g/mol. The van der Waals surface area contributed by atoms with E-state index in [9.17, 15) is 13.2 Å². The fourth-order valence-electron chi connectivity index (χ4n) is 1.54. The van der Waals surface area contributed by atoms with Gasteiger partial charge in [-0.25, -0.2) is 13.2 Å². The number of ether oxygens (including phenoxy) is 1. The van der Waals surface area contributed by atoms with Gasteiger partial charge in [0.25, 0.3) is 0 Å². The predicted molar refractivity (Wildman–Crippen MR) is 58.3 cm³/mol. The Morgan fingerprint density at radius 3 is 2.18 bits per heavy atom. The van der Waals surface area contributed by atoms with Crippen LogP contribution in [0, 0.1) is 17.5 Å². The Morgan fingerprint density at radius 1 is 0.941 bits per heavy atom. The van der Waals surface area contributed by atoms with E-state index < -0.39 is 17.5 Å². The fraction of sp³-hybridized carbons (Fsp3) is 0.0769. The van der Waals surface area contributed by atoms with Gasteiger partial charge in [-0.15, -0.1) is 0 Å². The minimum Gasteiger partial charge on any atom is -0.497 e. The van der Waals surface area contributed by atoms with Crippen molar-refractivity contribution in [3.63, 3.8) is 0 Å². The number of benzene rings is 2. The molecule has 88 valence electrons. The third kappa shape index (κ3) is 2.25. The summed E-state index contributed by atoms with van der Waals surface area (Å²) >= 11 is 0. The molecule has 2 rings (SSSR count). The number of hydrogen-bond donors (Lipinski definition) is 0. The minimum absolute atomic E-state index is 0.106. The van der Waals surface area contributed by atoms with E-state index in [1.807, 2.05) is 0 Å². The summed E-state index contributed by atoms with van der Waals surface area (Å²) < 4.78 is 44.5. The van der Waals surface area contributed by atoms with Crippen LogP contribution in [-0.2, 0) is 0 Å². The molecule has 0 spiro atoms. The summed E-state index contributed by atoms with van der Waals surface area (Å²) in [5.74, 6) is -2.48. The summed E-state index contributed by atoms with van der Waals surface area (Å²) in [5, 5.41) is 0. The summed E-state index contributed by atoms with van der Waals surface area (Å²) in [5.41, 5.74) is 0.284. The SMILES string of the molecule is COc1ccc(-c2cc(F)cc(F)c2F)cc1. The van der Waals surface area contributed by atoms with Crippen LogP contribution in [0.1, 0.15) is 0 Å². The topological polar surface area (TPSA) is 9.23 Å². The van der Waals surface area contributed by atoms with Crippen molar-refractivity contribution in [1.29, 1.82) is 0 Å². The molecule has 0 aliphatic heterocycles. The molecule has 0 amide bonds. The van der Waals surface area contributed by atoms with Crippen LogP contribution in [0.2, 0.25) is 0 Å². The van der Waals surface area contributed by atoms with Gasteiger partial charge in [0.1, 0.15) is 11.6 Å². The molecule has 17 heavy (non-hydrogen) atoms. The van der Waals surface area contributed by atoms with Crippen molar-refractivity contribution in [2.45, 2.75) is 0 Å². The Hall–Kier alpha value is -1.97. The lowest BCUT2D eigenvalue weighted by Crippen LogP contribution is -1.92. The van der Waals surface area contributed by atoms with Gasteiger partial charge in [-0.05, 0) is 23.8 Å². The first kappa shape index (κ1) is 11.5. The van der Waals surface area contributed by atoms with E-state index in [0.717, 1.165) is 6.07 Å². The van der Waals surface area contributed by atoms with Crippen LogP contribution < -0.4 is 4.74 Å². The summed E-state index contributed by atoms with van der Waals surface area (Å²) in [7, 11) is 1.50. The molecule has 0 fully saturated rings. The van der Waals surface area contributed by atoms with E-state index in [1.54, 1.807) is 12.1 Å². The van der Waals surface area contributed by atoms with Gasteiger partial charge in [-0.2, -0.15) is 0 Å². The fourth-order valence-corrected chi connectivity index (χ4v) is 1.54. The second-order valence-corrected chi connectivity index (χ2v) is 3.48. The molecule has 0 N–H and O–H groups in total. The van der Waals surface area contributed by atoms with Crippen LogP contribution in [0.5, 0.6) is 5.75 Å². The van der Waals surface area contributed by atoms with Crippen molar-refractivity contribution in [2.75, 3.05) is 7.11 Å². The highest BCUT2D eigenvalue weighted by atomic mass is 19.2. The Bertz CT molecular complexity index is 535. The molecule has 0 bridgehead atoms. The lowest BCUT2D eigenvalue weighted by molar-refractivity contribution is 0.415. The second-order valence-electron chi connectivity index (χ2n) is 3.48. The maximum Gasteiger partial charge on any atom is 0.166 e. The van der Waals surface area contributed by atoms with Crippen LogP contribution in [-0.4, -0.2) is 7.11 Å². The van der Waals surface area contributed by atoms with E-state index >= 15 is 0 Å². The molecule has 0 aromatic heterocycles.